The number of nitrogens with zero attached hydrogens (tertiary/aromatic N) is 1. The van der Waals surface area contributed by atoms with E-state index in [0.717, 1.165) is 12.1 Å². The summed E-state index contributed by atoms with van der Waals surface area (Å²) in [5.74, 6) is -0.692. The quantitative estimate of drug-likeness (QED) is 0.165. The first-order valence-corrected chi connectivity index (χ1v) is 8.57. The molecular formula is C19H22F4IN3O3. The molecule has 0 aliphatic heterocycles. The van der Waals surface area contributed by atoms with Crippen LogP contribution >= 0.6 is 24.0 Å². The van der Waals surface area contributed by atoms with E-state index in [-0.39, 0.29) is 55.2 Å². The third kappa shape index (κ3) is 8.13. The molecule has 0 radical (unpaired) electrons. The average Bonchev–Trinajstić information content (AvgIpc) is 2.69. The van der Waals surface area contributed by atoms with Gasteiger partial charge in [-0.3, -0.25) is 4.99 Å². The van der Waals surface area contributed by atoms with Gasteiger partial charge in [-0.2, -0.15) is 8.78 Å². The van der Waals surface area contributed by atoms with Gasteiger partial charge in [-0.25, -0.2) is 8.78 Å². The lowest BCUT2D eigenvalue weighted by atomic mass is 10.2. The fourth-order valence-corrected chi connectivity index (χ4v) is 2.35. The summed E-state index contributed by atoms with van der Waals surface area (Å²) in [6, 6.07) is 7.50. The molecule has 0 aliphatic carbocycles. The predicted octanol–water partition coefficient (Wildman–Crippen LogP) is 3.94. The zero-order valence-electron chi connectivity index (χ0n) is 16.3. The Balaban J connectivity index is 0.00000450. The molecule has 2 N–H and O–H groups in total. The van der Waals surface area contributed by atoms with Gasteiger partial charge in [-0.15, -0.1) is 24.0 Å². The first-order valence-electron chi connectivity index (χ1n) is 8.57. The number of aliphatic imine (C=N–C) groups is 1. The fraction of sp³-hybridized carbons (Fsp3) is 0.316. The van der Waals surface area contributed by atoms with E-state index in [2.05, 4.69) is 20.4 Å². The summed E-state index contributed by atoms with van der Waals surface area (Å²) < 4.78 is 66.4. The van der Waals surface area contributed by atoms with Crippen molar-refractivity contribution < 1.29 is 31.8 Å². The zero-order valence-corrected chi connectivity index (χ0v) is 18.6. The lowest BCUT2D eigenvalue weighted by Gasteiger charge is -2.15. The van der Waals surface area contributed by atoms with Crippen molar-refractivity contribution in [3.05, 3.63) is 53.6 Å². The average molecular weight is 543 g/mol. The molecule has 0 aliphatic rings. The summed E-state index contributed by atoms with van der Waals surface area (Å²) in [6.45, 7) is -2.48. The van der Waals surface area contributed by atoms with E-state index in [1.807, 2.05) is 0 Å². The van der Waals surface area contributed by atoms with Crippen molar-refractivity contribution in [2.45, 2.75) is 13.2 Å². The first-order chi connectivity index (χ1) is 13.9. The van der Waals surface area contributed by atoms with E-state index < -0.39 is 18.2 Å². The molecule has 0 unspecified atom stereocenters. The maximum absolute atomic E-state index is 13.5. The Labute approximate surface area is 188 Å². The van der Waals surface area contributed by atoms with E-state index in [9.17, 15) is 17.6 Å². The molecule has 0 saturated carbocycles. The van der Waals surface area contributed by atoms with Gasteiger partial charge >= 0.3 is 6.61 Å². The van der Waals surface area contributed by atoms with Gasteiger partial charge < -0.3 is 24.8 Å². The van der Waals surface area contributed by atoms with Crippen LogP contribution in [0, 0.1) is 11.6 Å². The Morgan fingerprint density at radius 2 is 1.80 bits per heavy atom. The molecule has 0 fully saturated rings. The number of alkyl halides is 2. The topological polar surface area (TPSA) is 64.1 Å². The number of hydrogen-bond acceptors (Lipinski definition) is 4. The number of nitrogens with one attached hydrogen (secondary N) is 2. The molecule has 0 bridgehead atoms. The number of rotatable bonds is 9. The van der Waals surface area contributed by atoms with E-state index in [1.165, 1.54) is 32.4 Å². The minimum Gasteiger partial charge on any atom is -0.497 e. The van der Waals surface area contributed by atoms with Gasteiger partial charge in [0.1, 0.15) is 23.9 Å². The van der Waals surface area contributed by atoms with Crippen LogP contribution in [-0.4, -0.2) is 39.9 Å². The second-order valence-electron chi connectivity index (χ2n) is 5.63. The van der Waals surface area contributed by atoms with E-state index >= 15 is 0 Å². The SMILES string of the molecule is CN=C(NCCOc1ccc(F)cc1F)NCc1cc(OC)ccc1OC(F)F.I. The summed E-state index contributed by atoms with van der Waals surface area (Å²) in [5.41, 5.74) is 0.442. The third-order valence-electron chi connectivity index (χ3n) is 3.70. The number of halogens is 5. The van der Waals surface area contributed by atoms with Crippen LogP contribution in [0.5, 0.6) is 17.2 Å². The standard InChI is InChI=1S/C19H21F4N3O3.HI/c1-24-19(25-7-8-28-17-5-3-13(20)10-15(17)21)26-11-12-9-14(27-2)4-6-16(12)29-18(22)23;/h3-6,9-10,18H,7-8,11H2,1-2H3,(H2,24,25,26);1H. The van der Waals surface area contributed by atoms with Crippen LogP contribution in [0.15, 0.2) is 41.4 Å². The summed E-state index contributed by atoms with van der Waals surface area (Å²) in [5, 5.41) is 5.87. The Bertz CT molecular complexity index is 841. The second kappa shape index (κ2) is 13.0. The second-order valence-corrected chi connectivity index (χ2v) is 5.63. The molecule has 0 atom stereocenters. The first kappa shape index (κ1) is 25.6. The van der Waals surface area contributed by atoms with Crippen molar-refractivity contribution in [1.82, 2.24) is 10.6 Å². The van der Waals surface area contributed by atoms with Crippen LogP contribution in [-0.2, 0) is 6.54 Å². The zero-order chi connectivity index (χ0) is 21.2. The highest BCUT2D eigenvalue weighted by Gasteiger charge is 2.12. The van der Waals surface area contributed by atoms with Gasteiger partial charge in [-0.1, -0.05) is 0 Å². The Morgan fingerprint density at radius 3 is 2.43 bits per heavy atom. The Kier molecular flexibility index (Phi) is 11.1. The maximum atomic E-state index is 13.5. The predicted molar refractivity (Wildman–Crippen MR) is 115 cm³/mol. The van der Waals surface area contributed by atoms with Crippen molar-refractivity contribution in [1.29, 1.82) is 0 Å². The lowest BCUT2D eigenvalue weighted by molar-refractivity contribution is -0.0505. The molecule has 0 heterocycles. The number of benzene rings is 2. The number of ether oxygens (including phenoxy) is 3. The van der Waals surface area contributed by atoms with Gasteiger partial charge in [0, 0.05) is 25.2 Å². The van der Waals surface area contributed by atoms with Crippen molar-refractivity contribution in [2.75, 3.05) is 27.3 Å². The van der Waals surface area contributed by atoms with Crippen LogP contribution in [0.1, 0.15) is 5.56 Å². The van der Waals surface area contributed by atoms with Gasteiger partial charge in [0.2, 0.25) is 0 Å². The summed E-state index contributed by atoms with van der Waals surface area (Å²) in [4.78, 5) is 4.01. The van der Waals surface area contributed by atoms with Crippen LogP contribution in [0.3, 0.4) is 0 Å². The molecule has 2 rings (SSSR count). The van der Waals surface area contributed by atoms with Crippen molar-refractivity contribution in [2.24, 2.45) is 4.99 Å². The van der Waals surface area contributed by atoms with Crippen LogP contribution in [0.2, 0.25) is 0 Å². The van der Waals surface area contributed by atoms with Gasteiger partial charge in [0.15, 0.2) is 17.5 Å². The van der Waals surface area contributed by atoms with Gasteiger partial charge in [0.25, 0.3) is 0 Å². The van der Waals surface area contributed by atoms with Crippen molar-refractivity contribution in [3.63, 3.8) is 0 Å². The third-order valence-corrected chi connectivity index (χ3v) is 3.70. The molecule has 30 heavy (non-hydrogen) atoms. The lowest BCUT2D eigenvalue weighted by Crippen LogP contribution is -2.39. The fourth-order valence-electron chi connectivity index (χ4n) is 2.35. The van der Waals surface area contributed by atoms with E-state index in [4.69, 9.17) is 9.47 Å². The largest absolute Gasteiger partial charge is 0.497 e. The molecule has 0 saturated heterocycles. The molecule has 0 amide bonds. The summed E-state index contributed by atoms with van der Waals surface area (Å²) in [7, 11) is 2.99. The molecule has 6 nitrogen and oxygen atoms in total. The molecule has 0 aromatic heterocycles. The smallest absolute Gasteiger partial charge is 0.387 e. The van der Waals surface area contributed by atoms with E-state index in [0.29, 0.717) is 17.3 Å². The molecule has 11 heteroatoms. The highest BCUT2D eigenvalue weighted by Crippen LogP contribution is 2.25. The Morgan fingerprint density at radius 1 is 1.07 bits per heavy atom. The highest BCUT2D eigenvalue weighted by atomic mass is 127. The maximum Gasteiger partial charge on any atom is 0.387 e. The molecule has 2 aromatic rings. The molecule has 0 spiro atoms. The normalized spacial score (nSPS) is 11.0. The number of guanidine groups is 1. The minimum absolute atomic E-state index is 0. The molecular weight excluding hydrogens is 521 g/mol. The number of methoxy groups -OCH3 is 1. The van der Waals surface area contributed by atoms with Gasteiger partial charge in [0.05, 0.1) is 13.7 Å². The minimum atomic E-state index is -2.96. The van der Waals surface area contributed by atoms with Crippen molar-refractivity contribution >= 4 is 29.9 Å². The summed E-state index contributed by atoms with van der Waals surface area (Å²) in [6.07, 6.45) is 0. The van der Waals surface area contributed by atoms with Gasteiger partial charge in [-0.05, 0) is 30.3 Å². The highest BCUT2D eigenvalue weighted by molar-refractivity contribution is 14.0. The summed E-state index contributed by atoms with van der Waals surface area (Å²) >= 11 is 0. The number of hydrogen-bond donors (Lipinski definition) is 2. The van der Waals surface area contributed by atoms with Crippen LogP contribution < -0.4 is 24.8 Å². The van der Waals surface area contributed by atoms with E-state index in [1.54, 1.807) is 6.07 Å². The van der Waals surface area contributed by atoms with Crippen molar-refractivity contribution in [3.8, 4) is 17.2 Å². The van der Waals surface area contributed by atoms with Crippen LogP contribution in [0.4, 0.5) is 17.6 Å². The Hall–Kier alpha value is -2.44. The monoisotopic (exact) mass is 543 g/mol. The molecule has 166 valence electrons. The molecule has 2 aromatic carbocycles. The van der Waals surface area contributed by atoms with Crippen LogP contribution in [0.25, 0.3) is 0 Å².